The highest BCUT2D eigenvalue weighted by Gasteiger charge is 2.21. The van der Waals surface area contributed by atoms with Gasteiger partial charge in [0.05, 0.1) is 0 Å². The van der Waals surface area contributed by atoms with E-state index in [4.69, 9.17) is 0 Å². The van der Waals surface area contributed by atoms with Gasteiger partial charge in [-0.05, 0) is 24.1 Å². The zero-order valence-electron chi connectivity index (χ0n) is 11.3. The molecule has 0 aliphatic carbocycles. The summed E-state index contributed by atoms with van der Waals surface area (Å²) in [6.45, 7) is 4.01. The van der Waals surface area contributed by atoms with Crippen LogP contribution < -0.4 is 9.88 Å². The molecule has 0 fully saturated rings. The summed E-state index contributed by atoms with van der Waals surface area (Å²) in [5, 5.41) is 2.91. The van der Waals surface area contributed by atoms with Gasteiger partial charge < -0.3 is 5.32 Å². The quantitative estimate of drug-likeness (QED) is 0.837. The SMILES string of the molecule is CCc1cc[n+]([C@@H](C)C(=O)Nc2ccccc2)cc1. The van der Waals surface area contributed by atoms with Crippen molar-refractivity contribution in [2.75, 3.05) is 5.32 Å². The van der Waals surface area contributed by atoms with Crippen LogP contribution in [0.2, 0.25) is 0 Å². The van der Waals surface area contributed by atoms with E-state index in [0.717, 1.165) is 12.1 Å². The number of carbonyl (C=O) groups is 1. The van der Waals surface area contributed by atoms with Gasteiger partial charge in [0.15, 0.2) is 12.4 Å². The Balaban J connectivity index is 2.06. The zero-order chi connectivity index (χ0) is 13.7. The Morgan fingerprint density at radius 2 is 1.79 bits per heavy atom. The monoisotopic (exact) mass is 255 g/mol. The van der Waals surface area contributed by atoms with Crippen LogP contribution in [0.1, 0.15) is 25.5 Å². The van der Waals surface area contributed by atoms with Gasteiger partial charge in [0, 0.05) is 24.7 Å². The van der Waals surface area contributed by atoms with Gasteiger partial charge in [-0.3, -0.25) is 4.79 Å². The van der Waals surface area contributed by atoms with Crippen LogP contribution in [0, 0.1) is 0 Å². The van der Waals surface area contributed by atoms with Crippen molar-refractivity contribution in [2.45, 2.75) is 26.3 Å². The summed E-state index contributed by atoms with van der Waals surface area (Å²) in [6, 6.07) is 13.4. The highest BCUT2D eigenvalue weighted by Crippen LogP contribution is 2.08. The first-order valence-electron chi connectivity index (χ1n) is 6.56. The van der Waals surface area contributed by atoms with E-state index in [0.29, 0.717) is 0 Å². The molecule has 0 saturated heterocycles. The van der Waals surface area contributed by atoms with Crippen molar-refractivity contribution in [1.82, 2.24) is 0 Å². The van der Waals surface area contributed by atoms with E-state index in [1.807, 2.05) is 66.3 Å². The smallest absolute Gasteiger partial charge is 0.293 e. The molecule has 0 spiro atoms. The Labute approximate surface area is 113 Å². The normalized spacial score (nSPS) is 11.9. The topological polar surface area (TPSA) is 33.0 Å². The lowest BCUT2D eigenvalue weighted by Crippen LogP contribution is -2.44. The zero-order valence-corrected chi connectivity index (χ0v) is 11.3. The molecule has 19 heavy (non-hydrogen) atoms. The molecule has 1 N–H and O–H groups in total. The third-order valence-electron chi connectivity index (χ3n) is 3.20. The number of carbonyl (C=O) groups excluding carboxylic acids is 1. The largest absolute Gasteiger partial charge is 0.320 e. The molecule has 98 valence electrons. The molecule has 1 aromatic carbocycles. The number of amides is 1. The van der Waals surface area contributed by atoms with Gasteiger partial charge >= 0.3 is 0 Å². The van der Waals surface area contributed by atoms with Crippen LogP contribution in [0.15, 0.2) is 54.9 Å². The van der Waals surface area contributed by atoms with E-state index < -0.39 is 0 Å². The maximum atomic E-state index is 12.1. The second kappa shape index (κ2) is 6.14. The molecular formula is C16H19N2O+. The first-order chi connectivity index (χ1) is 9.20. The van der Waals surface area contributed by atoms with E-state index in [1.165, 1.54) is 5.56 Å². The van der Waals surface area contributed by atoms with Gasteiger partial charge in [-0.25, -0.2) is 0 Å². The molecule has 3 nitrogen and oxygen atoms in total. The summed E-state index contributed by atoms with van der Waals surface area (Å²) < 4.78 is 1.91. The fraction of sp³-hybridized carbons (Fsp3) is 0.250. The van der Waals surface area contributed by atoms with Crippen molar-refractivity contribution >= 4 is 11.6 Å². The van der Waals surface area contributed by atoms with Crippen LogP contribution in [0.4, 0.5) is 5.69 Å². The van der Waals surface area contributed by atoms with Gasteiger partial charge in [-0.15, -0.1) is 0 Å². The minimum absolute atomic E-state index is 0.0135. The Morgan fingerprint density at radius 3 is 2.37 bits per heavy atom. The second-order valence-corrected chi connectivity index (χ2v) is 4.54. The first kappa shape index (κ1) is 13.3. The lowest BCUT2D eigenvalue weighted by molar-refractivity contribution is -0.705. The molecule has 0 radical (unpaired) electrons. The van der Waals surface area contributed by atoms with Crippen molar-refractivity contribution in [3.05, 3.63) is 60.4 Å². The number of rotatable bonds is 4. The van der Waals surface area contributed by atoms with Crippen LogP contribution in [0.25, 0.3) is 0 Å². The Kier molecular flexibility index (Phi) is 4.29. The van der Waals surface area contributed by atoms with Gasteiger partial charge in [-0.1, -0.05) is 25.1 Å². The molecule has 0 aliphatic heterocycles. The number of aromatic nitrogens is 1. The Bertz CT molecular complexity index is 534. The summed E-state index contributed by atoms with van der Waals surface area (Å²) in [5.41, 5.74) is 2.09. The maximum absolute atomic E-state index is 12.1. The van der Waals surface area contributed by atoms with Gasteiger partial charge in [0.2, 0.25) is 6.04 Å². The Morgan fingerprint density at radius 1 is 1.16 bits per heavy atom. The summed E-state index contributed by atoms with van der Waals surface area (Å²) in [4.78, 5) is 12.1. The highest BCUT2D eigenvalue weighted by atomic mass is 16.2. The molecule has 0 aliphatic rings. The molecule has 3 heteroatoms. The third-order valence-corrected chi connectivity index (χ3v) is 3.20. The lowest BCUT2D eigenvalue weighted by atomic mass is 10.2. The predicted molar refractivity (Wildman–Crippen MR) is 75.8 cm³/mol. The molecule has 2 aromatic rings. The first-order valence-corrected chi connectivity index (χ1v) is 6.56. The molecule has 1 aromatic heterocycles. The van der Waals surface area contributed by atoms with Crippen molar-refractivity contribution in [3.8, 4) is 0 Å². The number of hydrogen-bond donors (Lipinski definition) is 1. The maximum Gasteiger partial charge on any atom is 0.293 e. The molecule has 0 unspecified atom stereocenters. The van der Waals surface area contributed by atoms with Crippen LogP contribution in [-0.2, 0) is 11.2 Å². The molecular weight excluding hydrogens is 236 g/mol. The van der Waals surface area contributed by atoms with E-state index in [2.05, 4.69) is 12.2 Å². The van der Waals surface area contributed by atoms with Crippen LogP contribution >= 0.6 is 0 Å². The molecule has 0 saturated carbocycles. The van der Waals surface area contributed by atoms with E-state index >= 15 is 0 Å². The number of nitrogens with one attached hydrogen (secondary N) is 1. The minimum atomic E-state index is -0.230. The lowest BCUT2D eigenvalue weighted by Gasteiger charge is -2.08. The molecule has 0 bridgehead atoms. The number of nitrogens with zero attached hydrogens (tertiary/aromatic N) is 1. The summed E-state index contributed by atoms with van der Waals surface area (Å²) >= 11 is 0. The fourth-order valence-corrected chi connectivity index (χ4v) is 1.87. The summed E-state index contributed by atoms with van der Waals surface area (Å²) in [7, 11) is 0. The minimum Gasteiger partial charge on any atom is -0.320 e. The Hall–Kier alpha value is -2.16. The second-order valence-electron chi connectivity index (χ2n) is 4.54. The van der Waals surface area contributed by atoms with Crippen LogP contribution in [0.5, 0.6) is 0 Å². The van der Waals surface area contributed by atoms with Gasteiger partial charge in [-0.2, -0.15) is 4.57 Å². The van der Waals surface area contributed by atoms with Crippen LogP contribution in [-0.4, -0.2) is 5.91 Å². The van der Waals surface area contributed by atoms with Gasteiger partial charge in [0.1, 0.15) is 0 Å². The average molecular weight is 255 g/mol. The van der Waals surface area contributed by atoms with Gasteiger partial charge in [0.25, 0.3) is 5.91 Å². The number of para-hydroxylation sites is 1. The fourth-order valence-electron chi connectivity index (χ4n) is 1.87. The highest BCUT2D eigenvalue weighted by molar-refractivity contribution is 5.92. The number of pyridine rings is 1. The van der Waals surface area contributed by atoms with Crippen LogP contribution in [0.3, 0.4) is 0 Å². The average Bonchev–Trinajstić information content (AvgIpc) is 2.47. The molecule has 1 amide bonds. The van der Waals surface area contributed by atoms with E-state index in [1.54, 1.807) is 0 Å². The molecule has 1 atom stereocenters. The number of hydrogen-bond acceptors (Lipinski definition) is 1. The van der Waals surface area contributed by atoms with Crippen molar-refractivity contribution in [1.29, 1.82) is 0 Å². The standard InChI is InChI=1S/C16H18N2O/c1-3-14-9-11-18(12-10-14)13(2)16(19)17-15-7-5-4-6-8-15/h4-13H,3H2,1-2H3/p+1/t13-/m0/s1. The third kappa shape index (κ3) is 3.41. The number of benzene rings is 1. The van der Waals surface area contributed by atoms with Crippen molar-refractivity contribution in [3.63, 3.8) is 0 Å². The molecule has 2 rings (SSSR count). The molecule has 1 heterocycles. The van der Waals surface area contributed by atoms with E-state index in [9.17, 15) is 4.79 Å². The van der Waals surface area contributed by atoms with Crippen molar-refractivity contribution in [2.24, 2.45) is 0 Å². The van der Waals surface area contributed by atoms with E-state index in [-0.39, 0.29) is 11.9 Å². The summed E-state index contributed by atoms with van der Waals surface area (Å²) in [5.74, 6) is -0.0135. The number of aryl methyl sites for hydroxylation is 1. The predicted octanol–water partition coefficient (Wildman–Crippen LogP) is 2.74. The number of anilines is 1. The summed E-state index contributed by atoms with van der Waals surface area (Å²) in [6.07, 6.45) is 4.91. The van der Waals surface area contributed by atoms with Crippen molar-refractivity contribution < 1.29 is 9.36 Å².